The number of thiophene rings is 1. The van der Waals surface area contributed by atoms with E-state index in [1.807, 2.05) is 35.6 Å². The molecular weight excluding hydrogens is 280 g/mol. The molecule has 106 valence electrons. The number of anilines is 1. The molecule has 0 saturated heterocycles. The first kappa shape index (κ1) is 12.8. The first-order chi connectivity index (χ1) is 10.3. The Morgan fingerprint density at radius 3 is 3.05 bits per heavy atom. The predicted octanol–water partition coefficient (Wildman–Crippen LogP) is 3.35. The second kappa shape index (κ2) is 5.13. The first-order valence-electron chi connectivity index (χ1n) is 7.15. The molecule has 0 aliphatic carbocycles. The molecule has 0 atom stereocenters. The maximum absolute atomic E-state index is 9.70. The van der Waals surface area contributed by atoms with Gasteiger partial charge in [0.25, 0.3) is 0 Å². The maximum atomic E-state index is 9.70. The van der Waals surface area contributed by atoms with Crippen LogP contribution in [0.3, 0.4) is 0 Å². The van der Waals surface area contributed by atoms with Crippen molar-refractivity contribution in [3.05, 3.63) is 57.8 Å². The van der Waals surface area contributed by atoms with Gasteiger partial charge in [-0.3, -0.25) is 0 Å². The highest BCUT2D eigenvalue weighted by molar-refractivity contribution is 7.10. The number of nitrogens with zero attached hydrogens (tertiary/aromatic N) is 2. The molecule has 0 saturated carbocycles. The summed E-state index contributed by atoms with van der Waals surface area (Å²) < 4.78 is 0. The van der Waals surface area contributed by atoms with E-state index >= 15 is 0 Å². The lowest BCUT2D eigenvalue weighted by atomic mass is 10.1. The van der Waals surface area contributed by atoms with Gasteiger partial charge in [0, 0.05) is 28.9 Å². The zero-order valence-corrected chi connectivity index (χ0v) is 12.4. The van der Waals surface area contributed by atoms with Crippen LogP contribution in [-0.2, 0) is 19.6 Å². The van der Waals surface area contributed by atoms with Gasteiger partial charge in [0.1, 0.15) is 5.82 Å². The number of aliphatic hydroxyl groups excluding tert-OH is 1. The smallest absolute Gasteiger partial charge is 0.135 e. The number of fused-ring (bicyclic) bond motifs is 2. The summed E-state index contributed by atoms with van der Waals surface area (Å²) >= 11 is 1.84. The van der Waals surface area contributed by atoms with Crippen molar-refractivity contribution in [3.8, 4) is 0 Å². The normalized spacial score (nSPS) is 14.4. The number of aliphatic hydroxyl groups is 1. The number of pyridine rings is 1. The molecule has 2 aromatic heterocycles. The fourth-order valence-electron chi connectivity index (χ4n) is 2.97. The van der Waals surface area contributed by atoms with Gasteiger partial charge < -0.3 is 10.0 Å². The van der Waals surface area contributed by atoms with Crippen molar-refractivity contribution >= 4 is 28.1 Å². The Morgan fingerprint density at radius 1 is 1.24 bits per heavy atom. The fraction of sp³-hybridized carbons (Fsp3) is 0.235. The Bertz CT molecular complexity index is 796. The third-order valence-electron chi connectivity index (χ3n) is 4.06. The lowest BCUT2D eigenvalue weighted by molar-refractivity contribution is 0.281. The van der Waals surface area contributed by atoms with Crippen LogP contribution < -0.4 is 4.90 Å². The van der Waals surface area contributed by atoms with E-state index in [0.29, 0.717) is 0 Å². The summed E-state index contributed by atoms with van der Waals surface area (Å²) in [5.41, 5.74) is 3.29. The molecule has 3 heterocycles. The van der Waals surface area contributed by atoms with E-state index in [1.54, 1.807) is 0 Å². The van der Waals surface area contributed by atoms with Gasteiger partial charge in [0.2, 0.25) is 0 Å². The van der Waals surface area contributed by atoms with Crippen LogP contribution in [-0.4, -0.2) is 16.6 Å². The minimum atomic E-state index is 0.0279. The number of aromatic nitrogens is 1. The van der Waals surface area contributed by atoms with E-state index < -0.39 is 0 Å². The SMILES string of the molecule is OCc1cc2ccccc2nc1N1CCc2sccc2C1. The summed E-state index contributed by atoms with van der Waals surface area (Å²) in [5, 5.41) is 12.9. The Labute approximate surface area is 127 Å². The lowest BCUT2D eigenvalue weighted by Crippen LogP contribution is -2.31. The summed E-state index contributed by atoms with van der Waals surface area (Å²) in [6.07, 6.45) is 1.06. The van der Waals surface area contributed by atoms with Crippen molar-refractivity contribution in [1.82, 2.24) is 4.98 Å². The zero-order valence-electron chi connectivity index (χ0n) is 11.6. The molecular formula is C17H16N2OS. The third-order valence-corrected chi connectivity index (χ3v) is 5.08. The first-order valence-corrected chi connectivity index (χ1v) is 8.03. The summed E-state index contributed by atoms with van der Waals surface area (Å²) in [6.45, 7) is 1.88. The van der Waals surface area contributed by atoms with Crippen LogP contribution in [0, 0.1) is 0 Å². The molecule has 0 fully saturated rings. The molecule has 3 nitrogen and oxygen atoms in total. The van der Waals surface area contributed by atoms with Gasteiger partial charge in [-0.1, -0.05) is 18.2 Å². The molecule has 3 aromatic rings. The van der Waals surface area contributed by atoms with Crippen LogP contribution >= 0.6 is 11.3 Å². The minimum Gasteiger partial charge on any atom is -0.392 e. The van der Waals surface area contributed by atoms with Gasteiger partial charge in [0.15, 0.2) is 0 Å². The molecule has 0 bridgehead atoms. The number of hydrogen-bond acceptors (Lipinski definition) is 4. The van der Waals surface area contributed by atoms with Crippen molar-refractivity contribution in [1.29, 1.82) is 0 Å². The molecule has 1 aliphatic heterocycles. The Hall–Kier alpha value is -1.91. The summed E-state index contributed by atoms with van der Waals surface area (Å²) in [4.78, 5) is 8.56. The molecule has 1 aromatic carbocycles. The van der Waals surface area contributed by atoms with Crippen LogP contribution in [0.15, 0.2) is 41.8 Å². The molecule has 4 rings (SSSR count). The molecule has 0 amide bonds. The minimum absolute atomic E-state index is 0.0279. The van der Waals surface area contributed by atoms with Crippen LogP contribution in [0.5, 0.6) is 0 Å². The zero-order chi connectivity index (χ0) is 14.2. The molecule has 21 heavy (non-hydrogen) atoms. The van der Waals surface area contributed by atoms with Crippen LogP contribution in [0.25, 0.3) is 10.9 Å². The topological polar surface area (TPSA) is 36.4 Å². The average Bonchev–Trinajstić information content (AvgIpc) is 3.01. The molecule has 0 radical (unpaired) electrons. The van der Waals surface area contributed by atoms with E-state index in [1.165, 1.54) is 10.4 Å². The monoisotopic (exact) mass is 296 g/mol. The van der Waals surface area contributed by atoms with E-state index in [2.05, 4.69) is 22.4 Å². The van der Waals surface area contributed by atoms with Crippen LogP contribution in [0.1, 0.15) is 16.0 Å². The summed E-state index contributed by atoms with van der Waals surface area (Å²) in [5.74, 6) is 0.924. The molecule has 4 heteroatoms. The van der Waals surface area contributed by atoms with Crippen molar-refractivity contribution in [3.63, 3.8) is 0 Å². The highest BCUT2D eigenvalue weighted by atomic mass is 32.1. The molecule has 1 N–H and O–H groups in total. The van der Waals surface area contributed by atoms with Gasteiger partial charge in [-0.15, -0.1) is 11.3 Å². The van der Waals surface area contributed by atoms with Gasteiger partial charge in [-0.2, -0.15) is 0 Å². The van der Waals surface area contributed by atoms with E-state index in [9.17, 15) is 5.11 Å². The van der Waals surface area contributed by atoms with E-state index in [0.717, 1.165) is 41.8 Å². The fourth-order valence-corrected chi connectivity index (χ4v) is 3.86. The number of para-hydroxylation sites is 1. The highest BCUT2D eigenvalue weighted by Crippen LogP contribution is 2.30. The van der Waals surface area contributed by atoms with Crippen LogP contribution in [0.2, 0.25) is 0 Å². The summed E-state index contributed by atoms with van der Waals surface area (Å²) in [6, 6.07) is 12.3. The van der Waals surface area contributed by atoms with Crippen molar-refractivity contribution in [2.45, 2.75) is 19.6 Å². The number of benzene rings is 1. The van der Waals surface area contributed by atoms with Crippen molar-refractivity contribution < 1.29 is 5.11 Å². The molecule has 1 aliphatic rings. The van der Waals surface area contributed by atoms with Crippen molar-refractivity contribution in [2.24, 2.45) is 0 Å². The predicted molar refractivity (Wildman–Crippen MR) is 86.7 cm³/mol. The Morgan fingerprint density at radius 2 is 2.14 bits per heavy atom. The Kier molecular flexibility index (Phi) is 3.13. The lowest BCUT2D eigenvalue weighted by Gasteiger charge is -2.29. The molecule has 0 spiro atoms. The standard InChI is InChI=1S/C17H16N2OS/c20-11-14-9-12-3-1-2-4-15(12)18-17(14)19-7-5-16-13(10-19)6-8-21-16/h1-4,6,8-9,20H,5,7,10-11H2. The average molecular weight is 296 g/mol. The summed E-state index contributed by atoms with van der Waals surface area (Å²) in [7, 11) is 0. The Balaban J connectivity index is 1.79. The van der Waals surface area contributed by atoms with Gasteiger partial charge in [-0.05, 0) is 35.6 Å². The second-order valence-corrected chi connectivity index (χ2v) is 6.36. The third kappa shape index (κ3) is 2.20. The largest absolute Gasteiger partial charge is 0.392 e. The number of hydrogen-bond donors (Lipinski definition) is 1. The highest BCUT2D eigenvalue weighted by Gasteiger charge is 2.20. The van der Waals surface area contributed by atoms with E-state index in [-0.39, 0.29) is 6.61 Å². The van der Waals surface area contributed by atoms with Crippen LogP contribution in [0.4, 0.5) is 5.82 Å². The quantitative estimate of drug-likeness (QED) is 0.788. The maximum Gasteiger partial charge on any atom is 0.135 e. The number of rotatable bonds is 2. The van der Waals surface area contributed by atoms with Gasteiger partial charge >= 0.3 is 0 Å². The van der Waals surface area contributed by atoms with Gasteiger partial charge in [-0.25, -0.2) is 4.98 Å². The van der Waals surface area contributed by atoms with Gasteiger partial charge in [0.05, 0.1) is 12.1 Å². The molecule has 0 unspecified atom stereocenters. The van der Waals surface area contributed by atoms with Crippen molar-refractivity contribution in [2.75, 3.05) is 11.4 Å². The van der Waals surface area contributed by atoms with E-state index in [4.69, 9.17) is 4.98 Å². The second-order valence-electron chi connectivity index (χ2n) is 5.36.